The Morgan fingerprint density at radius 1 is 1.12 bits per heavy atom. The van der Waals surface area contributed by atoms with E-state index in [1.165, 1.54) is 21.0 Å². The minimum absolute atomic E-state index is 0.0263. The first-order chi connectivity index (χ1) is 20.8. The maximum Gasteiger partial charge on any atom is 0.407 e. The topological polar surface area (TPSA) is 115 Å². The van der Waals surface area contributed by atoms with Crippen molar-refractivity contribution in [2.24, 2.45) is 0 Å². The molecule has 0 saturated carbocycles. The molecule has 2 fully saturated rings. The maximum absolute atomic E-state index is 13.9. The zero-order valence-electron chi connectivity index (χ0n) is 23.8. The number of benzene rings is 2. The molecule has 12 heteroatoms. The lowest BCUT2D eigenvalue weighted by atomic mass is 10.0. The first kappa shape index (κ1) is 31.4. The molecule has 2 aromatic carbocycles. The minimum Gasteiger partial charge on any atom is -0.445 e. The third-order valence-corrected chi connectivity index (χ3v) is 7.35. The highest BCUT2D eigenvalue weighted by Gasteiger charge is 2.51. The van der Waals surface area contributed by atoms with E-state index < -0.39 is 24.3 Å². The van der Waals surface area contributed by atoms with E-state index in [0.29, 0.717) is 11.4 Å². The molecule has 0 aromatic heterocycles. The van der Waals surface area contributed by atoms with Gasteiger partial charge in [-0.05, 0) is 36.1 Å². The second-order valence-electron chi connectivity index (χ2n) is 10.1. The highest BCUT2D eigenvalue weighted by molar-refractivity contribution is 6.30. The van der Waals surface area contributed by atoms with Crippen molar-refractivity contribution in [2.75, 3.05) is 32.8 Å². The average Bonchev–Trinajstić information content (AvgIpc) is 2.99. The summed E-state index contributed by atoms with van der Waals surface area (Å²) in [6, 6.07) is 15.3. The number of rotatable bonds is 11. The van der Waals surface area contributed by atoms with Crippen molar-refractivity contribution in [2.45, 2.75) is 38.1 Å². The van der Waals surface area contributed by atoms with Gasteiger partial charge in [0.25, 0.3) is 0 Å². The Morgan fingerprint density at radius 3 is 2.60 bits per heavy atom. The summed E-state index contributed by atoms with van der Waals surface area (Å²) in [5.41, 5.74) is 1.71. The predicted molar refractivity (Wildman–Crippen MR) is 161 cm³/mol. The van der Waals surface area contributed by atoms with Crippen molar-refractivity contribution in [1.29, 1.82) is 0 Å². The lowest BCUT2D eigenvalue weighted by Gasteiger charge is -2.55. The second-order valence-corrected chi connectivity index (χ2v) is 10.6. The summed E-state index contributed by atoms with van der Waals surface area (Å²) in [6.45, 7) is 4.24. The van der Waals surface area contributed by atoms with E-state index in [1.54, 1.807) is 23.1 Å². The molecule has 2 aliphatic rings. The normalized spacial score (nSPS) is 18.5. The fourth-order valence-electron chi connectivity index (χ4n) is 5.24. The van der Waals surface area contributed by atoms with E-state index in [2.05, 4.69) is 23.1 Å². The SMILES string of the molecule is C#CCN1CC(=O)N2[C@@H](CCCNC(=O)OCC=C)C(=O)N(Cc3cccc(Cl)c3)C[C@@H]2N1C(=O)NCc1ccccc1. The zero-order valence-corrected chi connectivity index (χ0v) is 24.5. The van der Waals surface area contributed by atoms with Crippen LogP contribution in [-0.2, 0) is 27.4 Å². The van der Waals surface area contributed by atoms with E-state index >= 15 is 0 Å². The summed E-state index contributed by atoms with van der Waals surface area (Å²) >= 11 is 6.21. The van der Waals surface area contributed by atoms with Gasteiger partial charge in [-0.15, -0.1) is 6.42 Å². The number of carbonyl (C=O) groups excluding carboxylic acids is 4. The van der Waals surface area contributed by atoms with Crippen LogP contribution in [0.1, 0.15) is 24.0 Å². The highest BCUT2D eigenvalue weighted by atomic mass is 35.5. The lowest BCUT2D eigenvalue weighted by Crippen LogP contribution is -2.76. The van der Waals surface area contributed by atoms with Gasteiger partial charge < -0.3 is 25.2 Å². The third-order valence-electron chi connectivity index (χ3n) is 7.12. The average molecular weight is 607 g/mol. The Kier molecular flexibility index (Phi) is 11.0. The number of hydrogen-bond acceptors (Lipinski definition) is 6. The van der Waals surface area contributed by atoms with Crippen LogP contribution < -0.4 is 10.6 Å². The number of nitrogens with zero attached hydrogens (tertiary/aromatic N) is 4. The molecule has 0 radical (unpaired) electrons. The predicted octanol–water partition coefficient (Wildman–Crippen LogP) is 2.97. The summed E-state index contributed by atoms with van der Waals surface area (Å²) in [5.74, 6) is 1.97. The first-order valence-electron chi connectivity index (χ1n) is 14.0. The van der Waals surface area contributed by atoms with Crippen LogP contribution in [0.3, 0.4) is 0 Å². The van der Waals surface area contributed by atoms with Crippen LogP contribution in [0.2, 0.25) is 5.02 Å². The van der Waals surface area contributed by atoms with Gasteiger partial charge in [-0.2, -0.15) is 5.01 Å². The van der Waals surface area contributed by atoms with E-state index in [4.69, 9.17) is 22.8 Å². The standard InChI is InChI=1S/C31H35ClN6O5/c1-3-16-36-22-28(39)37-26(14-9-15-33-31(42)43-17-4-2)29(40)35(20-24-12-8-13-25(32)18-24)21-27(37)38(36)30(41)34-19-23-10-6-5-7-11-23/h1,4-8,10-13,18,26-27H,2,9,14-17,19-22H2,(H,33,42)(H,34,41)/t26-,27-/m0/s1. The first-order valence-corrected chi connectivity index (χ1v) is 14.4. The summed E-state index contributed by atoms with van der Waals surface area (Å²) in [6.07, 6.45) is 6.32. The monoisotopic (exact) mass is 606 g/mol. The molecule has 226 valence electrons. The van der Waals surface area contributed by atoms with Gasteiger partial charge in [0.2, 0.25) is 11.8 Å². The number of nitrogens with one attached hydrogen (secondary N) is 2. The van der Waals surface area contributed by atoms with Crippen molar-refractivity contribution in [3.05, 3.63) is 83.4 Å². The number of fused-ring (bicyclic) bond motifs is 1. The van der Waals surface area contributed by atoms with Gasteiger partial charge in [-0.1, -0.05) is 72.6 Å². The number of alkyl carbamates (subject to hydrolysis) is 1. The molecule has 2 heterocycles. The van der Waals surface area contributed by atoms with Crippen LogP contribution >= 0.6 is 11.6 Å². The molecular weight excluding hydrogens is 572 g/mol. The van der Waals surface area contributed by atoms with Gasteiger partial charge in [0.15, 0.2) is 0 Å². The van der Waals surface area contributed by atoms with E-state index in [0.717, 1.165) is 11.1 Å². The molecular formula is C31H35ClN6O5. The number of ether oxygens (including phenoxy) is 1. The number of hydrazine groups is 1. The van der Waals surface area contributed by atoms with Crippen LogP contribution in [-0.4, -0.2) is 88.7 Å². The summed E-state index contributed by atoms with van der Waals surface area (Å²) in [5, 5.41) is 9.10. The van der Waals surface area contributed by atoms with Gasteiger partial charge in [-0.25, -0.2) is 14.6 Å². The number of urea groups is 1. The molecule has 2 atom stereocenters. The van der Waals surface area contributed by atoms with Crippen molar-refractivity contribution in [3.8, 4) is 12.3 Å². The van der Waals surface area contributed by atoms with Crippen LogP contribution in [0, 0.1) is 12.3 Å². The lowest BCUT2D eigenvalue weighted by molar-refractivity contribution is -0.189. The maximum atomic E-state index is 13.9. The quantitative estimate of drug-likeness (QED) is 0.231. The van der Waals surface area contributed by atoms with E-state index in [9.17, 15) is 19.2 Å². The molecule has 0 unspecified atom stereocenters. The largest absolute Gasteiger partial charge is 0.445 e. The van der Waals surface area contributed by atoms with Crippen molar-refractivity contribution in [1.82, 2.24) is 30.5 Å². The zero-order chi connectivity index (χ0) is 30.8. The smallest absolute Gasteiger partial charge is 0.407 e. The summed E-state index contributed by atoms with van der Waals surface area (Å²) in [7, 11) is 0. The van der Waals surface area contributed by atoms with Crippen molar-refractivity contribution in [3.63, 3.8) is 0 Å². The van der Waals surface area contributed by atoms with Gasteiger partial charge in [0.05, 0.1) is 19.6 Å². The fourth-order valence-corrected chi connectivity index (χ4v) is 5.45. The Hall–Kier alpha value is -4.53. The molecule has 2 aliphatic heterocycles. The van der Waals surface area contributed by atoms with Gasteiger partial charge in [-0.3, -0.25) is 9.59 Å². The molecule has 2 N–H and O–H groups in total. The Balaban J connectivity index is 1.59. The van der Waals surface area contributed by atoms with Gasteiger partial charge >= 0.3 is 12.1 Å². The molecule has 43 heavy (non-hydrogen) atoms. The molecule has 0 aliphatic carbocycles. The number of piperazine rings is 1. The Bertz CT molecular complexity index is 1370. The Labute approximate surface area is 256 Å². The second kappa shape index (κ2) is 15.1. The molecule has 4 rings (SSSR count). The van der Waals surface area contributed by atoms with Crippen LogP contribution in [0.15, 0.2) is 67.3 Å². The van der Waals surface area contributed by atoms with Gasteiger partial charge in [0, 0.05) is 24.7 Å². The van der Waals surface area contributed by atoms with E-state index in [1.807, 2.05) is 36.4 Å². The molecule has 5 amide bonds. The molecule has 11 nitrogen and oxygen atoms in total. The number of carbonyl (C=O) groups is 4. The number of halogens is 1. The molecule has 2 aromatic rings. The number of terminal acetylenes is 1. The molecule has 2 saturated heterocycles. The van der Waals surface area contributed by atoms with Gasteiger partial charge in [0.1, 0.15) is 18.8 Å². The summed E-state index contributed by atoms with van der Waals surface area (Å²) in [4.78, 5) is 56.1. The number of amides is 5. The van der Waals surface area contributed by atoms with Crippen LogP contribution in [0.25, 0.3) is 0 Å². The van der Waals surface area contributed by atoms with Crippen LogP contribution in [0.5, 0.6) is 0 Å². The number of hydrogen-bond donors (Lipinski definition) is 2. The van der Waals surface area contributed by atoms with Crippen molar-refractivity contribution < 1.29 is 23.9 Å². The van der Waals surface area contributed by atoms with Crippen LogP contribution in [0.4, 0.5) is 9.59 Å². The highest BCUT2D eigenvalue weighted by Crippen LogP contribution is 2.29. The minimum atomic E-state index is -0.867. The Morgan fingerprint density at radius 2 is 1.88 bits per heavy atom. The van der Waals surface area contributed by atoms with E-state index in [-0.39, 0.29) is 64.1 Å². The fraction of sp³-hybridized carbons (Fsp3) is 0.355. The molecule has 0 spiro atoms. The molecule has 0 bridgehead atoms. The summed E-state index contributed by atoms with van der Waals surface area (Å²) < 4.78 is 4.94. The van der Waals surface area contributed by atoms with Crippen molar-refractivity contribution >= 4 is 35.5 Å². The third kappa shape index (κ3) is 8.06.